The van der Waals surface area contributed by atoms with E-state index in [-0.39, 0.29) is 0 Å². The van der Waals surface area contributed by atoms with E-state index in [9.17, 15) is 4.79 Å². The van der Waals surface area contributed by atoms with Crippen LogP contribution in [0.15, 0.2) is 17.9 Å². The summed E-state index contributed by atoms with van der Waals surface area (Å²) < 4.78 is 4.74. The molecule has 56 valence electrons. The van der Waals surface area contributed by atoms with Crippen LogP contribution in [0.1, 0.15) is 20.3 Å². The summed E-state index contributed by atoms with van der Waals surface area (Å²) in [5, 5.41) is 0. The van der Waals surface area contributed by atoms with Crippen LogP contribution in [0.5, 0.6) is 0 Å². The van der Waals surface area contributed by atoms with Crippen molar-refractivity contribution in [1.29, 1.82) is 0 Å². The zero-order valence-corrected chi connectivity index (χ0v) is 6.39. The highest BCUT2D eigenvalue weighted by Gasteiger charge is 1.79. The number of carbonyl (C=O) groups excluding carboxylic acids is 1. The molecule has 0 saturated heterocycles. The fraction of sp³-hybridized carbons (Fsp3) is 0.500. The number of hydrogen-bond acceptors (Lipinski definition) is 2. The lowest BCUT2D eigenvalue weighted by molar-refractivity contribution is 0.258. The maximum absolute atomic E-state index is 9.58. The molecule has 2 nitrogen and oxygen atoms in total. The third-order valence-electron chi connectivity index (χ3n) is 0.920. The first-order chi connectivity index (χ1) is 4.77. The largest absolute Gasteiger partial charge is 0.489 e. The molecule has 0 bridgehead atoms. The summed E-state index contributed by atoms with van der Waals surface area (Å²) >= 11 is 0. The maximum Gasteiger partial charge on any atom is 0.166 e. The number of allylic oxidation sites excluding steroid dienone is 1. The first-order valence-electron chi connectivity index (χ1n) is 3.21. The third kappa shape index (κ3) is 6.99. The van der Waals surface area contributed by atoms with Gasteiger partial charge in [-0.05, 0) is 20.3 Å². The van der Waals surface area contributed by atoms with Crippen LogP contribution < -0.4 is 0 Å². The molecule has 0 rings (SSSR count). The molecule has 0 amide bonds. The molecule has 0 aromatic rings. The Morgan fingerprint density at radius 2 is 2.30 bits per heavy atom. The van der Waals surface area contributed by atoms with Crippen LogP contribution in [0, 0.1) is 0 Å². The van der Waals surface area contributed by atoms with Gasteiger partial charge in [0.1, 0.15) is 0 Å². The molecule has 2 heteroatoms. The first kappa shape index (κ1) is 8.99. The van der Waals surface area contributed by atoms with Gasteiger partial charge in [-0.25, -0.2) is 4.79 Å². The molecule has 0 spiro atoms. The highest BCUT2D eigenvalue weighted by atomic mass is 16.5. The SMILES string of the molecule is CC(C)=CCCOC=C=O. The van der Waals surface area contributed by atoms with Crippen molar-refractivity contribution in [2.45, 2.75) is 20.3 Å². The fourth-order valence-electron chi connectivity index (χ4n) is 0.509. The Kier molecular flexibility index (Phi) is 5.50. The van der Waals surface area contributed by atoms with Crippen LogP contribution in [0.3, 0.4) is 0 Å². The smallest absolute Gasteiger partial charge is 0.166 e. The van der Waals surface area contributed by atoms with Gasteiger partial charge in [-0.2, -0.15) is 0 Å². The summed E-state index contributed by atoms with van der Waals surface area (Å²) in [6.45, 7) is 4.60. The average Bonchev–Trinajstić information content (AvgIpc) is 1.87. The minimum Gasteiger partial charge on any atom is -0.489 e. The number of ether oxygens (including phenoxy) is 1. The molecule has 0 aliphatic heterocycles. The van der Waals surface area contributed by atoms with Crippen LogP contribution in [0.2, 0.25) is 0 Å². The predicted octanol–water partition coefficient (Wildman–Crippen LogP) is 1.70. The van der Waals surface area contributed by atoms with Gasteiger partial charge in [-0.1, -0.05) is 11.6 Å². The van der Waals surface area contributed by atoms with E-state index in [0.29, 0.717) is 6.61 Å². The molecular formula is C8H12O2. The molecule has 0 saturated carbocycles. The summed E-state index contributed by atoms with van der Waals surface area (Å²) in [6.07, 6.45) is 3.94. The van der Waals surface area contributed by atoms with Gasteiger partial charge in [-0.15, -0.1) is 0 Å². The van der Waals surface area contributed by atoms with Gasteiger partial charge in [0.15, 0.2) is 12.2 Å². The van der Waals surface area contributed by atoms with E-state index in [1.165, 1.54) is 11.5 Å². The van der Waals surface area contributed by atoms with Gasteiger partial charge in [0.25, 0.3) is 0 Å². The van der Waals surface area contributed by atoms with Crippen molar-refractivity contribution in [3.05, 3.63) is 17.9 Å². The Labute approximate surface area is 61.2 Å². The number of rotatable bonds is 4. The van der Waals surface area contributed by atoms with Crippen molar-refractivity contribution < 1.29 is 9.53 Å². The Balaban J connectivity index is 3.21. The van der Waals surface area contributed by atoms with Crippen LogP contribution >= 0.6 is 0 Å². The van der Waals surface area contributed by atoms with Crippen LogP contribution in [0.4, 0.5) is 0 Å². The highest BCUT2D eigenvalue weighted by Crippen LogP contribution is 1.92. The van der Waals surface area contributed by atoms with Gasteiger partial charge in [0.2, 0.25) is 0 Å². The zero-order valence-electron chi connectivity index (χ0n) is 6.39. The van der Waals surface area contributed by atoms with E-state index in [0.717, 1.165) is 12.7 Å². The van der Waals surface area contributed by atoms with Gasteiger partial charge >= 0.3 is 0 Å². The lowest BCUT2D eigenvalue weighted by atomic mass is 10.3. The van der Waals surface area contributed by atoms with E-state index in [1.807, 2.05) is 13.8 Å². The summed E-state index contributed by atoms with van der Waals surface area (Å²) in [5.74, 6) is 1.54. The quantitative estimate of drug-likeness (QED) is 0.257. The Hall–Kier alpha value is -1.01. The standard InChI is InChI=1S/C8H12O2/c1-8(2)4-3-6-10-7-5-9/h4,7H,3,6H2,1-2H3. The lowest BCUT2D eigenvalue weighted by Gasteiger charge is -1.93. The van der Waals surface area contributed by atoms with E-state index in [1.54, 1.807) is 0 Å². The predicted molar refractivity (Wildman–Crippen MR) is 40.3 cm³/mol. The highest BCUT2D eigenvalue weighted by molar-refractivity contribution is 5.42. The van der Waals surface area contributed by atoms with E-state index in [4.69, 9.17) is 4.74 Å². The molecule has 0 aromatic carbocycles. The molecule has 0 radical (unpaired) electrons. The molecule has 10 heavy (non-hydrogen) atoms. The van der Waals surface area contributed by atoms with Crippen LogP contribution in [-0.4, -0.2) is 12.5 Å². The van der Waals surface area contributed by atoms with Gasteiger partial charge < -0.3 is 4.74 Å². The Morgan fingerprint density at radius 3 is 2.80 bits per heavy atom. The Bertz CT molecular complexity index is 149. The number of hydrogen-bond donors (Lipinski definition) is 0. The minimum atomic E-state index is 0.556. The summed E-state index contributed by atoms with van der Waals surface area (Å²) in [6, 6.07) is 0. The summed E-state index contributed by atoms with van der Waals surface area (Å²) in [7, 11) is 0. The molecule has 0 aliphatic carbocycles. The second-order valence-electron chi connectivity index (χ2n) is 2.18. The monoisotopic (exact) mass is 140 g/mol. The van der Waals surface area contributed by atoms with Crippen molar-refractivity contribution in [2.24, 2.45) is 0 Å². The lowest BCUT2D eigenvalue weighted by Crippen LogP contribution is -1.84. The van der Waals surface area contributed by atoms with Crippen LogP contribution in [0.25, 0.3) is 0 Å². The summed E-state index contributed by atoms with van der Waals surface area (Å²) in [5.41, 5.74) is 1.26. The topological polar surface area (TPSA) is 26.3 Å². The Morgan fingerprint density at radius 1 is 1.60 bits per heavy atom. The molecule has 0 unspecified atom stereocenters. The summed E-state index contributed by atoms with van der Waals surface area (Å²) in [4.78, 5) is 9.58. The molecule has 0 atom stereocenters. The van der Waals surface area contributed by atoms with E-state index in [2.05, 4.69) is 6.08 Å². The van der Waals surface area contributed by atoms with Crippen LogP contribution in [-0.2, 0) is 9.53 Å². The third-order valence-corrected chi connectivity index (χ3v) is 0.920. The molecule has 0 fully saturated rings. The second kappa shape index (κ2) is 6.12. The average molecular weight is 140 g/mol. The molecule has 0 heterocycles. The van der Waals surface area contributed by atoms with Gasteiger partial charge in [0, 0.05) is 0 Å². The van der Waals surface area contributed by atoms with Crippen molar-refractivity contribution >= 4 is 5.94 Å². The van der Waals surface area contributed by atoms with Gasteiger partial charge in [0.05, 0.1) is 6.61 Å². The normalized spacial score (nSPS) is 7.80. The van der Waals surface area contributed by atoms with Crippen molar-refractivity contribution in [3.63, 3.8) is 0 Å². The van der Waals surface area contributed by atoms with Crippen molar-refractivity contribution in [3.8, 4) is 0 Å². The minimum absolute atomic E-state index is 0.556. The zero-order chi connectivity index (χ0) is 7.82. The molecule has 0 aromatic heterocycles. The molecular weight excluding hydrogens is 128 g/mol. The van der Waals surface area contributed by atoms with Gasteiger partial charge in [-0.3, -0.25) is 0 Å². The second-order valence-corrected chi connectivity index (χ2v) is 2.18. The van der Waals surface area contributed by atoms with E-state index >= 15 is 0 Å². The molecule has 0 N–H and O–H groups in total. The van der Waals surface area contributed by atoms with Crippen molar-refractivity contribution in [1.82, 2.24) is 0 Å². The first-order valence-corrected chi connectivity index (χ1v) is 3.21. The van der Waals surface area contributed by atoms with Crippen molar-refractivity contribution in [2.75, 3.05) is 6.61 Å². The maximum atomic E-state index is 9.58. The van der Waals surface area contributed by atoms with E-state index < -0.39 is 0 Å². The molecule has 0 aliphatic rings. The fourth-order valence-corrected chi connectivity index (χ4v) is 0.509.